The lowest BCUT2D eigenvalue weighted by Gasteiger charge is -2.13. The first-order chi connectivity index (χ1) is 12.4. The van der Waals surface area contributed by atoms with E-state index in [0.717, 1.165) is 16.8 Å². The Bertz CT molecular complexity index is 954. The molecule has 0 saturated carbocycles. The zero-order valence-electron chi connectivity index (χ0n) is 13.9. The molecule has 5 nitrogen and oxygen atoms in total. The van der Waals surface area contributed by atoms with Crippen molar-refractivity contribution in [2.75, 3.05) is 0 Å². The van der Waals surface area contributed by atoms with Gasteiger partial charge in [0.15, 0.2) is 5.69 Å². The molecule has 0 amide bonds. The Morgan fingerprint density at radius 3 is 2.62 bits per heavy atom. The van der Waals surface area contributed by atoms with E-state index in [-0.39, 0.29) is 5.69 Å². The number of ether oxygens (including phenoxy) is 1. The molecule has 3 aromatic rings. The normalized spacial score (nSPS) is 10.7. The van der Waals surface area contributed by atoms with Crippen LogP contribution >= 0.6 is 23.2 Å². The molecule has 0 radical (unpaired) electrons. The first-order valence-corrected chi connectivity index (χ1v) is 8.62. The van der Waals surface area contributed by atoms with Crippen LogP contribution in [0.15, 0.2) is 48.5 Å². The summed E-state index contributed by atoms with van der Waals surface area (Å²) in [7, 11) is 0. The lowest BCUT2D eigenvalue weighted by atomic mass is 10.2. The predicted molar refractivity (Wildman–Crippen MR) is 100 cm³/mol. The van der Waals surface area contributed by atoms with E-state index in [9.17, 15) is 4.79 Å². The minimum absolute atomic E-state index is 0.00284. The molecule has 1 heterocycles. The number of aromatic nitrogens is 2. The van der Waals surface area contributed by atoms with Crippen molar-refractivity contribution in [2.45, 2.75) is 20.1 Å². The fraction of sp³-hybridized carbons (Fsp3) is 0.158. The number of nitrogens with zero attached hydrogens (tertiary/aromatic N) is 2. The van der Waals surface area contributed by atoms with Gasteiger partial charge in [-0.2, -0.15) is 5.10 Å². The topological polar surface area (TPSA) is 64.3 Å². The predicted octanol–water partition coefficient (Wildman–Crippen LogP) is 4.82. The third-order valence-electron chi connectivity index (χ3n) is 3.88. The molecule has 1 N–H and O–H groups in total. The summed E-state index contributed by atoms with van der Waals surface area (Å²) in [4.78, 5) is 11.1. The Kier molecular flexibility index (Phi) is 5.49. The van der Waals surface area contributed by atoms with Gasteiger partial charge in [0.2, 0.25) is 0 Å². The summed E-state index contributed by atoms with van der Waals surface area (Å²) in [5.41, 5.74) is 2.41. The standard InChI is InChI=1S/C19H16Cl2N2O3/c1-12-8-17(19(24)25)22-23(12)10-14-9-15(20)6-7-18(14)26-11-13-4-2-3-5-16(13)21/h2-9H,10-11H2,1H3,(H,24,25). The number of carbonyl (C=O) groups is 1. The highest BCUT2D eigenvalue weighted by atomic mass is 35.5. The molecular weight excluding hydrogens is 375 g/mol. The zero-order valence-corrected chi connectivity index (χ0v) is 15.5. The van der Waals surface area contributed by atoms with E-state index in [1.807, 2.05) is 24.3 Å². The quantitative estimate of drug-likeness (QED) is 0.654. The molecule has 3 rings (SSSR count). The van der Waals surface area contributed by atoms with Gasteiger partial charge in [0.25, 0.3) is 0 Å². The molecule has 0 aliphatic heterocycles. The van der Waals surface area contributed by atoms with E-state index in [1.54, 1.807) is 29.8 Å². The van der Waals surface area contributed by atoms with Crippen LogP contribution in [0.25, 0.3) is 0 Å². The maximum absolute atomic E-state index is 11.1. The van der Waals surface area contributed by atoms with Gasteiger partial charge < -0.3 is 9.84 Å². The number of hydrogen-bond acceptors (Lipinski definition) is 3. The summed E-state index contributed by atoms with van der Waals surface area (Å²) in [5.74, 6) is -0.422. The number of halogens is 2. The smallest absolute Gasteiger partial charge is 0.356 e. The first kappa shape index (κ1) is 18.3. The summed E-state index contributed by atoms with van der Waals surface area (Å²) in [5, 5.41) is 14.4. The number of carboxylic acids is 1. The number of hydrogen-bond donors (Lipinski definition) is 1. The second-order valence-corrected chi connectivity index (χ2v) is 6.61. The molecule has 0 aliphatic carbocycles. The summed E-state index contributed by atoms with van der Waals surface area (Å²) in [6, 6.07) is 14.3. The van der Waals surface area contributed by atoms with Gasteiger partial charge in [-0.1, -0.05) is 41.4 Å². The maximum Gasteiger partial charge on any atom is 0.356 e. The van der Waals surface area contributed by atoms with Crippen LogP contribution < -0.4 is 4.74 Å². The van der Waals surface area contributed by atoms with Gasteiger partial charge in [-0.15, -0.1) is 0 Å². The number of rotatable bonds is 6. The molecule has 1 aromatic heterocycles. The third-order valence-corrected chi connectivity index (χ3v) is 4.49. The third kappa shape index (κ3) is 4.18. The van der Waals surface area contributed by atoms with Gasteiger partial charge in [-0.3, -0.25) is 4.68 Å². The van der Waals surface area contributed by atoms with E-state index in [1.165, 1.54) is 6.07 Å². The lowest BCUT2D eigenvalue weighted by Crippen LogP contribution is -2.08. The Labute approximate surface area is 160 Å². The van der Waals surface area contributed by atoms with Crippen molar-refractivity contribution in [3.63, 3.8) is 0 Å². The minimum Gasteiger partial charge on any atom is -0.488 e. The van der Waals surface area contributed by atoms with Gasteiger partial charge in [-0.25, -0.2) is 4.79 Å². The Morgan fingerprint density at radius 2 is 1.92 bits per heavy atom. The van der Waals surface area contributed by atoms with Crippen LogP contribution in [-0.4, -0.2) is 20.9 Å². The molecule has 0 spiro atoms. The Balaban J connectivity index is 1.84. The summed E-state index contributed by atoms with van der Waals surface area (Å²) in [6.45, 7) is 2.46. The Morgan fingerprint density at radius 1 is 1.15 bits per heavy atom. The molecule has 2 aromatic carbocycles. The van der Waals surface area contributed by atoms with Gasteiger partial charge in [-0.05, 0) is 37.3 Å². The van der Waals surface area contributed by atoms with Gasteiger partial charge in [0, 0.05) is 26.9 Å². The molecular formula is C19H16Cl2N2O3. The van der Waals surface area contributed by atoms with Crippen LogP contribution in [-0.2, 0) is 13.2 Å². The van der Waals surface area contributed by atoms with E-state index >= 15 is 0 Å². The molecule has 0 atom stereocenters. The van der Waals surface area contributed by atoms with Crippen LogP contribution in [0, 0.1) is 6.92 Å². The summed E-state index contributed by atoms with van der Waals surface area (Å²) >= 11 is 12.3. The van der Waals surface area contributed by atoms with Crippen molar-refractivity contribution in [3.05, 3.63) is 81.1 Å². The monoisotopic (exact) mass is 390 g/mol. The SMILES string of the molecule is Cc1cc(C(=O)O)nn1Cc1cc(Cl)ccc1OCc1ccccc1Cl. The minimum atomic E-state index is -1.06. The Hall–Kier alpha value is -2.50. The van der Waals surface area contributed by atoms with Crippen molar-refractivity contribution < 1.29 is 14.6 Å². The molecule has 134 valence electrons. The highest BCUT2D eigenvalue weighted by molar-refractivity contribution is 6.31. The fourth-order valence-corrected chi connectivity index (χ4v) is 2.90. The molecule has 7 heteroatoms. The molecule has 0 unspecified atom stereocenters. The van der Waals surface area contributed by atoms with Crippen LogP contribution in [0.3, 0.4) is 0 Å². The van der Waals surface area contributed by atoms with E-state index in [2.05, 4.69) is 5.10 Å². The van der Waals surface area contributed by atoms with Crippen LogP contribution in [0.2, 0.25) is 10.0 Å². The van der Waals surface area contributed by atoms with E-state index < -0.39 is 5.97 Å². The fourth-order valence-electron chi connectivity index (χ4n) is 2.52. The number of aromatic carboxylic acids is 1. The summed E-state index contributed by atoms with van der Waals surface area (Å²) < 4.78 is 7.53. The second kappa shape index (κ2) is 7.81. The average Bonchev–Trinajstić information content (AvgIpc) is 2.97. The summed E-state index contributed by atoms with van der Waals surface area (Å²) in [6.07, 6.45) is 0. The van der Waals surface area contributed by atoms with E-state index in [0.29, 0.717) is 28.9 Å². The van der Waals surface area contributed by atoms with Gasteiger partial charge in [0.05, 0.1) is 6.54 Å². The maximum atomic E-state index is 11.1. The van der Waals surface area contributed by atoms with Crippen molar-refractivity contribution in [2.24, 2.45) is 0 Å². The van der Waals surface area contributed by atoms with E-state index in [4.69, 9.17) is 33.0 Å². The molecule has 0 bridgehead atoms. The average molecular weight is 391 g/mol. The van der Waals surface area contributed by atoms with Crippen molar-refractivity contribution in [1.82, 2.24) is 9.78 Å². The number of benzene rings is 2. The van der Waals surface area contributed by atoms with Gasteiger partial charge >= 0.3 is 5.97 Å². The van der Waals surface area contributed by atoms with Crippen LogP contribution in [0.5, 0.6) is 5.75 Å². The molecule has 0 fully saturated rings. The molecule has 26 heavy (non-hydrogen) atoms. The van der Waals surface area contributed by atoms with Gasteiger partial charge in [0.1, 0.15) is 12.4 Å². The van der Waals surface area contributed by atoms with Crippen molar-refractivity contribution >= 4 is 29.2 Å². The lowest BCUT2D eigenvalue weighted by molar-refractivity contribution is 0.0689. The molecule has 0 aliphatic rings. The number of carboxylic acid groups (broad SMARTS) is 1. The highest BCUT2D eigenvalue weighted by Crippen LogP contribution is 2.26. The zero-order chi connectivity index (χ0) is 18.7. The second-order valence-electron chi connectivity index (χ2n) is 5.77. The van der Waals surface area contributed by atoms with Crippen molar-refractivity contribution in [1.29, 1.82) is 0 Å². The molecule has 0 saturated heterocycles. The van der Waals surface area contributed by atoms with Crippen LogP contribution in [0.1, 0.15) is 27.3 Å². The van der Waals surface area contributed by atoms with Crippen molar-refractivity contribution in [3.8, 4) is 5.75 Å². The largest absolute Gasteiger partial charge is 0.488 e. The van der Waals surface area contributed by atoms with Crippen LogP contribution in [0.4, 0.5) is 0 Å². The highest BCUT2D eigenvalue weighted by Gasteiger charge is 2.13. The number of aryl methyl sites for hydroxylation is 1. The first-order valence-electron chi connectivity index (χ1n) is 7.86.